The quantitative estimate of drug-likeness (QED) is 0.0569. The van der Waals surface area contributed by atoms with Crippen molar-refractivity contribution in [3.63, 3.8) is 0 Å². The summed E-state index contributed by atoms with van der Waals surface area (Å²) in [6.07, 6.45) is 20.3. The smallest absolute Gasteiger partial charge is 0.305 e. The highest BCUT2D eigenvalue weighted by atomic mass is 16.6. The fourth-order valence-electron chi connectivity index (χ4n) is 4.96. The number of nitrogens with one attached hydrogen (secondary N) is 1. The first-order chi connectivity index (χ1) is 25.3. The van der Waals surface area contributed by atoms with Crippen LogP contribution >= 0.6 is 0 Å². The summed E-state index contributed by atoms with van der Waals surface area (Å²) in [5.41, 5.74) is 0. The van der Waals surface area contributed by atoms with Gasteiger partial charge in [-0.05, 0) is 13.5 Å². The molecular weight excluding hydrogens is 658 g/mol. The molecule has 0 atom stereocenters. The molecule has 0 aliphatic heterocycles. The molecule has 0 heterocycles. The molecule has 0 radical (unpaired) electrons. The van der Waals surface area contributed by atoms with Gasteiger partial charge in [0.05, 0.1) is 119 Å². The van der Waals surface area contributed by atoms with Gasteiger partial charge < -0.3 is 52.7 Å². The van der Waals surface area contributed by atoms with Crippen LogP contribution in [0, 0.1) is 0 Å². The molecule has 0 aromatic carbocycles. The van der Waals surface area contributed by atoms with Crippen molar-refractivity contribution in [1.29, 1.82) is 0 Å². The molecule has 12 heteroatoms. The van der Waals surface area contributed by atoms with Crippen LogP contribution in [0.3, 0.4) is 0 Å². The molecule has 0 fully saturated rings. The van der Waals surface area contributed by atoms with E-state index >= 15 is 0 Å². The molecular formula is C39H79NO11. The number of esters is 1. The van der Waals surface area contributed by atoms with Gasteiger partial charge in [0, 0.05) is 13.0 Å². The highest BCUT2D eigenvalue weighted by molar-refractivity contribution is 5.69. The Morgan fingerprint density at radius 1 is 0.353 bits per heavy atom. The zero-order valence-corrected chi connectivity index (χ0v) is 32.9. The van der Waals surface area contributed by atoms with Crippen molar-refractivity contribution in [2.24, 2.45) is 0 Å². The van der Waals surface area contributed by atoms with E-state index in [-0.39, 0.29) is 5.97 Å². The highest BCUT2D eigenvalue weighted by Crippen LogP contribution is 2.13. The van der Waals surface area contributed by atoms with Crippen molar-refractivity contribution < 1.29 is 52.2 Å². The van der Waals surface area contributed by atoms with Crippen LogP contribution in [0.4, 0.5) is 0 Å². The Hall–Kier alpha value is -0.930. The first-order valence-corrected chi connectivity index (χ1v) is 20.3. The minimum Gasteiger partial charge on any atom is -0.463 e. The van der Waals surface area contributed by atoms with Crippen LogP contribution in [0.2, 0.25) is 0 Å². The van der Waals surface area contributed by atoms with E-state index in [0.29, 0.717) is 132 Å². The van der Waals surface area contributed by atoms with Gasteiger partial charge in [-0.15, -0.1) is 0 Å². The minimum atomic E-state index is -0.128. The summed E-state index contributed by atoms with van der Waals surface area (Å²) in [6.45, 7) is 12.8. The predicted octanol–water partition coefficient (Wildman–Crippen LogP) is 6.16. The van der Waals surface area contributed by atoms with Crippen LogP contribution in [-0.2, 0) is 52.2 Å². The third kappa shape index (κ3) is 47.0. The Labute approximate surface area is 311 Å². The Morgan fingerprint density at radius 3 is 0.902 bits per heavy atom. The molecule has 306 valence electrons. The lowest BCUT2D eigenvalue weighted by molar-refractivity contribution is -0.145. The molecule has 0 saturated heterocycles. The number of unbranched alkanes of at least 4 members (excludes halogenated alkanes) is 14. The molecule has 0 saturated carbocycles. The van der Waals surface area contributed by atoms with Crippen molar-refractivity contribution >= 4 is 5.97 Å². The summed E-state index contributed by atoms with van der Waals surface area (Å²) in [4.78, 5) is 11.9. The Balaban J connectivity index is 3.13. The van der Waals surface area contributed by atoms with Gasteiger partial charge in [0.25, 0.3) is 0 Å². The second-order valence-corrected chi connectivity index (χ2v) is 12.5. The zero-order chi connectivity index (χ0) is 36.8. The van der Waals surface area contributed by atoms with E-state index in [1.54, 1.807) is 0 Å². The number of rotatable bonds is 46. The lowest BCUT2D eigenvalue weighted by Gasteiger charge is -2.09. The fraction of sp³-hybridized carbons (Fsp3) is 0.974. The maximum absolute atomic E-state index is 11.9. The lowest BCUT2D eigenvalue weighted by atomic mass is 10.0. The number of ether oxygens (including phenoxy) is 10. The predicted molar refractivity (Wildman–Crippen MR) is 202 cm³/mol. The SMILES string of the molecule is CCCCCCCCCCCCCCCCCC(=O)OCCOCCOCCOCCOCCOCCOCCOCCOCCOCCNC. The number of hydrogen-bond donors (Lipinski definition) is 1. The van der Waals surface area contributed by atoms with Crippen molar-refractivity contribution in [3.8, 4) is 0 Å². The first kappa shape index (κ1) is 50.1. The summed E-state index contributed by atoms with van der Waals surface area (Å²) in [5, 5.41) is 3.02. The third-order valence-electron chi connectivity index (χ3n) is 7.95. The maximum atomic E-state index is 11.9. The minimum absolute atomic E-state index is 0.128. The number of carbonyl (C=O) groups is 1. The van der Waals surface area contributed by atoms with Gasteiger partial charge in [-0.1, -0.05) is 96.8 Å². The molecule has 1 N–H and O–H groups in total. The first-order valence-electron chi connectivity index (χ1n) is 20.3. The molecule has 0 rings (SSSR count). The van der Waals surface area contributed by atoms with Gasteiger partial charge in [0.2, 0.25) is 0 Å². The summed E-state index contributed by atoms with van der Waals surface area (Å²) in [7, 11) is 1.90. The molecule has 0 aliphatic carbocycles. The molecule has 0 aliphatic rings. The molecule has 0 unspecified atom stereocenters. The van der Waals surface area contributed by atoms with E-state index in [9.17, 15) is 4.79 Å². The average Bonchev–Trinajstić information content (AvgIpc) is 3.14. The van der Waals surface area contributed by atoms with Crippen LogP contribution in [0.25, 0.3) is 0 Å². The van der Waals surface area contributed by atoms with E-state index in [1.807, 2.05) is 7.05 Å². The molecule has 0 amide bonds. The second kappa shape index (κ2) is 47.1. The normalized spacial score (nSPS) is 11.5. The zero-order valence-electron chi connectivity index (χ0n) is 32.9. The number of likely N-dealkylation sites (N-methyl/N-ethyl adjacent to an activating group) is 1. The van der Waals surface area contributed by atoms with E-state index in [2.05, 4.69) is 12.2 Å². The highest BCUT2D eigenvalue weighted by Gasteiger charge is 2.03. The maximum Gasteiger partial charge on any atom is 0.305 e. The third-order valence-corrected chi connectivity index (χ3v) is 7.95. The van der Waals surface area contributed by atoms with E-state index in [0.717, 1.165) is 19.4 Å². The van der Waals surface area contributed by atoms with Crippen molar-refractivity contribution in [3.05, 3.63) is 0 Å². The largest absolute Gasteiger partial charge is 0.463 e. The van der Waals surface area contributed by atoms with Crippen LogP contribution in [0.1, 0.15) is 110 Å². The molecule has 12 nitrogen and oxygen atoms in total. The Morgan fingerprint density at radius 2 is 0.608 bits per heavy atom. The molecule has 0 aromatic heterocycles. The van der Waals surface area contributed by atoms with E-state index in [4.69, 9.17) is 47.4 Å². The van der Waals surface area contributed by atoms with Gasteiger partial charge in [-0.2, -0.15) is 0 Å². The number of hydrogen-bond acceptors (Lipinski definition) is 12. The summed E-state index contributed by atoms with van der Waals surface area (Å²) < 4.78 is 54.4. The molecule has 51 heavy (non-hydrogen) atoms. The summed E-state index contributed by atoms with van der Waals surface area (Å²) >= 11 is 0. The van der Waals surface area contributed by atoms with Crippen molar-refractivity contribution in [2.45, 2.75) is 110 Å². The molecule has 0 spiro atoms. The van der Waals surface area contributed by atoms with E-state index in [1.165, 1.54) is 83.5 Å². The Bertz CT molecular complexity index is 648. The van der Waals surface area contributed by atoms with E-state index < -0.39 is 0 Å². The van der Waals surface area contributed by atoms with Crippen LogP contribution in [-0.4, -0.2) is 145 Å². The fourth-order valence-corrected chi connectivity index (χ4v) is 4.96. The van der Waals surface area contributed by atoms with Crippen molar-refractivity contribution in [1.82, 2.24) is 5.32 Å². The van der Waals surface area contributed by atoms with Gasteiger partial charge in [-0.3, -0.25) is 4.79 Å². The number of carbonyl (C=O) groups excluding carboxylic acids is 1. The average molecular weight is 738 g/mol. The van der Waals surface area contributed by atoms with Crippen molar-refractivity contribution in [2.75, 3.05) is 139 Å². The monoisotopic (exact) mass is 738 g/mol. The van der Waals surface area contributed by atoms with Gasteiger partial charge in [0.15, 0.2) is 0 Å². The topological polar surface area (TPSA) is 121 Å². The van der Waals surface area contributed by atoms with Crippen LogP contribution in [0.5, 0.6) is 0 Å². The van der Waals surface area contributed by atoms with Gasteiger partial charge >= 0.3 is 5.97 Å². The second-order valence-electron chi connectivity index (χ2n) is 12.5. The summed E-state index contributed by atoms with van der Waals surface area (Å²) in [5.74, 6) is -0.128. The summed E-state index contributed by atoms with van der Waals surface area (Å²) in [6, 6.07) is 0. The lowest BCUT2D eigenvalue weighted by Crippen LogP contribution is -2.17. The molecule has 0 aromatic rings. The van der Waals surface area contributed by atoms with Gasteiger partial charge in [0.1, 0.15) is 6.61 Å². The standard InChI is InChI=1S/C39H79NO11/c1-3-4-5-6-7-8-9-10-11-12-13-14-15-16-17-18-39(41)51-38-37-50-36-35-49-34-33-48-32-31-47-30-29-46-28-27-45-26-25-44-24-23-43-22-21-42-20-19-40-2/h40H,3-38H2,1-2H3. The Kier molecular flexibility index (Phi) is 46.2. The van der Waals surface area contributed by atoms with Gasteiger partial charge in [-0.25, -0.2) is 0 Å². The van der Waals surface area contributed by atoms with Crippen LogP contribution in [0.15, 0.2) is 0 Å². The van der Waals surface area contributed by atoms with Crippen LogP contribution < -0.4 is 5.32 Å². The molecule has 0 bridgehead atoms.